The van der Waals surface area contributed by atoms with Crippen molar-refractivity contribution in [3.05, 3.63) is 71.7 Å². The summed E-state index contributed by atoms with van der Waals surface area (Å²) in [4.78, 5) is 2.13. The van der Waals surface area contributed by atoms with Gasteiger partial charge in [-0.15, -0.1) is 6.42 Å². The van der Waals surface area contributed by atoms with Gasteiger partial charge in [-0.3, -0.25) is 4.90 Å². The van der Waals surface area contributed by atoms with E-state index in [1.54, 1.807) is 16.8 Å². The van der Waals surface area contributed by atoms with Gasteiger partial charge in [0.05, 0.1) is 29.7 Å². The van der Waals surface area contributed by atoms with Crippen LogP contribution in [0.3, 0.4) is 0 Å². The minimum atomic E-state index is -0.679. The van der Waals surface area contributed by atoms with E-state index in [-0.39, 0.29) is 19.0 Å². The van der Waals surface area contributed by atoms with E-state index in [0.717, 1.165) is 29.9 Å². The fourth-order valence-corrected chi connectivity index (χ4v) is 3.59. The van der Waals surface area contributed by atoms with Gasteiger partial charge < -0.3 is 14.6 Å². The van der Waals surface area contributed by atoms with E-state index in [9.17, 15) is 9.50 Å². The Morgan fingerprint density at radius 3 is 2.70 bits per heavy atom. The highest BCUT2D eigenvalue weighted by Crippen LogP contribution is 2.32. The number of hydrogen-bond acceptors (Lipinski definition) is 5. The third kappa shape index (κ3) is 6.90. The Balaban J connectivity index is 1.92. The van der Waals surface area contributed by atoms with Crippen LogP contribution in [-0.4, -0.2) is 52.2 Å². The molecule has 0 unspecified atom stereocenters. The van der Waals surface area contributed by atoms with Gasteiger partial charge in [0.25, 0.3) is 0 Å². The first-order valence-corrected chi connectivity index (χ1v) is 11.0. The van der Waals surface area contributed by atoms with Gasteiger partial charge in [-0.05, 0) is 44.2 Å². The van der Waals surface area contributed by atoms with Crippen LogP contribution >= 0.6 is 0 Å². The summed E-state index contributed by atoms with van der Waals surface area (Å²) in [5.41, 5.74) is 2.50. The first-order chi connectivity index (χ1) is 16.0. The zero-order valence-corrected chi connectivity index (χ0v) is 19.1. The molecule has 2 aromatic carbocycles. The summed E-state index contributed by atoms with van der Waals surface area (Å²) in [5.74, 6) is 2.93. The normalized spacial score (nSPS) is 12.0. The van der Waals surface area contributed by atoms with Crippen LogP contribution in [0.15, 0.2) is 54.6 Å². The predicted molar refractivity (Wildman–Crippen MR) is 126 cm³/mol. The molecule has 6 nitrogen and oxygen atoms in total. The van der Waals surface area contributed by atoms with Crippen molar-refractivity contribution >= 4 is 0 Å². The number of aryl methyl sites for hydroxylation is 1. The molecule has 0 bridgehead atoms. The molecule has 7 heteroatoms. The van der Waals surface area contributed by atoms with Crippen molar-refractivity contribution in [2.45, 2.75) is 32.9 Å². The average Bonchev–Trinajstić information content (AvgIpc) is 3.10. The van der Waals surface area contributed by atoms with Crippen LogP contribution in [0.1, 0.15) is 24.6 Å². The molecular weight excluding hydrogens is 421 g/mol. The van der Waals surface area contributed by atoms with Crippen LogP contribution in [-0.2, 0) is 11.3 Å². The number of halogens is 1. The Bertz CT molecular complexity index is 1060. The first-order valence-electron chi connectivity index (χ1n) is 11.0. The Labute approximate surface area is 194 Å². The Kier molecular flexibility index (Phi) is 9.02. The third-order valence-electron chi connectivity index (χ3n) is 5.03. The Morgan fingerprint density at radius 2 is 2.00 bits per heavy atom. The van der Waals surface area contributed by atoms with Crippen molar-refractivity contribution < 1.29 is 19.0 Å². The van der Waals surface area contributed by atoms with Gasteiger partial charge in [0.1, 0.15) is 18.2 Å². The summed E-state index contributed by atoms with van der Waals surface area (Å²) in [6.07, 6.45) is 5.44. The maximum atomic E-state index is 13.8. The van der Waals surface area contributed by atoms with E-state index in [4.69, 9.17) is 21.0 Å². The van der Waals surface area contributed by atoms with E-state index in [1.807, 2.05) is 37.3 Å². The molecule has 0 aliphatic carbocycles. The minimum Gasteiger partial charge on any atom is -0.438 e. The fourth-order valence-electron chi connectivity index (χ4n) is 3.59. The van der Waals surface area contributed by atoms with Crippen LogP contribution in [0, 0.1) is 25.1 Å². The third-order valence-corrected chi connectivity index (χ3v) is 5.03. The number of rotatable bonds is 12. The maximum Gasteiger partial charge on any atom is 0.227 e. The molecule has 1 aromatic heterocycles. The highest BCUT2D eigenvalue weighted by atomic mass is 19.1. The Hall–Kier alpha value is -3.18. The lowest BCUT2D eigenvalue weighted by molar-refractivity contribution is 0.0259. The van der Waals surface area contributed by atoms with Gasteiger partial charge >= 0.3 is 0 Å². The average molecular weight is 452 g/mol. The predicted octanol–water partition coefficient (Wildman–Crippen LogP) is 4.33. The number of terminal acetylenes is 1. The Morgan fingerprint density at radius 1 is 1.21 bits per heavy atom. The smallest absolute Gasteiger partial charge is 0.227 e. The molecule has 0 aliphatic heterocycles. The van der Waals surface area contributed by atoms with E-state index >= 15 is 0 Å². The number of ether oxygens (including phenoxy) is 2. The van der Waals surface area contributed by atoms with Gasteiger partial charge in [-0.25, -0.2) is 9.07 Å². The van der Waals surface area contributed by atoms with Crippen molar-refractivity contribution in [3.63, 3.8) is 0 Å². The van der Waals surface area contributed by atoms with Gasteiger partial charge in [0.2, 0.25) is 5.88 Å². The second-order valence-electron chi connectivity index (χ2n) is 7.78. The van der Waals surface area contributed by atoms with E-state index in [1.165, 1.54) is 12.1 Å². The molecule has 174 valence electrons. The second kappa shape index (κ2) is 12.2. The summed E-state index contributed by atoms with van der Waals surface area (Å²) in [7, 11) is 0. The fraction of sp³-hybridized carbons (Fsp3) is 0.346. The number of benzene rings is 2. The largest absolute Gasteiger partial charge is 0.438 e. The number of nitrogens with zero attached hydrogens (tertiary/aromatic N) is 3. The van der Waals surface area contributed by atoms with Crippen molar-refractivity contribution in [2.24, 2.45) is 0 Å². The van der Waals surface area contributed by atoms with Gasteiger partial charge in [0, 0.05) is 19.2 Å². The molecule has 1 heterocycles. The quantitative estimate of drug-likeness (QED) is 0.328. The summed E-state index contributed by atoms with van der Waals surface area (Å²) < 4.78 is 27.0. The van der Waals surface area contributed by atoms with Crippen molar-refractivity contribution in [1.82, 2.24) is 14.7 Å². The molecular formula is C26H30FN3O3. The molecule has 0 amide bonds. The van der Waals surface area contributed by atoms with Crippen molar-refractivity contribution in [1.29, 1.82) is 0 Å². The van der Waals surface area contributed by atoms with Gasteiger partial charge in [-0.2, -0.15) is 5.10 Å². The molecule has 0 saturated carbocycles. The minimum absolute atomic E-state index is 0.166. The lowest BCUT2D eigenvalue weighted by Gasteiger charge is -2.25. The molecule has 0 fully saturated rings. The first kappa shape index (κ1) is 24.5. The van der Waals surface area contributed by atoms with Crippen molar-refractivity contribution in [3.8, 4) is 29.7 Å². The zero-order valence-electron chi connectivity index (χ0n) is 19.1. The van der Waals surface area contributed by atoms with Crippen molar-refractivity contribution in [2.75, 3.05) is 26.3 Å². The summed E-state index contributed by atoms with van der Waals surface area (Å²) in [6, 6.07) is 15.7. The number of hydrogen-bond donors (Lipinski definition) is 1. The number of aliphatic hydroxyl groups is 1. The topological polar surface area (TPSA) is 59.8 Å². The maximum absolute atomic E-state index is 13.8. The standard InChI is InChI=1S/C26H30FN3O3/c1-4-14-29(17-23(31)19-32-15-5-2)18-25-20(3)28-30(22-11-7-6-8-12-22)26(25)33-24-13-9-10-21(27)16-24/h2,6-13,16,23,31H,4,14-15,17-19H2,1,3H3/t23-/m0/s1. The molecule has 33 heavy (non-hydrogen) atoms. The molecule has 3 rings (SSSR count). The van der Waals surface area contributed by atoms with Crippen LogP contribution in [0.5, 0.6) is 11.6 Å². The summed E-state index contributed by atoms with van der Waals surface area (Å²) in [5, 5.41) is 15.1. The van der Waals surface area contributed by atoms with Crippen LogP contribution in [0.2, 0.25) is 0 Å². The summed E-state index contributed by atoms with van der Waals surface area (Å²) in [6.45, 7) is 6.01. The molecule has 3 aromatic rings. The van der Waals surface area contributed by atoms with E-state index < -0.39 is 6.10 Å². The molecule has 0 spiro atoms. The van der Waals surface area contributed by atoms with Crippen LogP contribution in [0.4, 0.5) is 4.39 Å². The zero-order chi connectivity index (χ0) is 23.6. The molecule has 1 N–H and O–H groups in total. The number of aromatic nitrogens is 2. The van der Waals surface area contributed by atoms with Gasteiger partial charge in [-0.1, -0.05) is 37.1 Å². The van der Waals surface area contributed by atoms with E-state index in [0.29, 0.717) is 24.7 Å². The molecule has 0 radical (unpaired) electrons. The second-order valence-corrected chi connectivity index (χ2v) is 7.78. The molecule has 1 atom stereocenters. The highest BCUT2D eigenvalue weighted by molar-refractivity contribution is 5.43. The van der Waals surface area contributed by atoms with E-state index in [2.05, 4.69) is 17.7 Å². The highest BCUT2D eigenvalue weighted by Gasteiger charge is 2.22. The monoisotopic (exact) mass is 451 g/mol. The van der Waals surface area contributed by atoms with Gasteiger partial charge in [0.15, 0.2) is 0 Å². The van der Waals surface area contributed by atoms with Crippen LogP contribution < -0.4 is 4.74 Å². The molecule has 0 aliphatic rings. The number of aliphatic hydroxyl groups excluding tert-OH is 1. The molecule has 0 saturated heterocycles. The summed E-state index contributed by atoms with van der Waals surface area (Å²) >= 11 is 0. The van der Waals surface area contributed by atoms with Crippen LogP contribution in [0.25, 0.3) is 5.69 Å². The number of para-hydroxylation sites is 1. The lowest BCUT2D eigenvalue weighted by atomic mass is 10.2. The lowest BCUT2D eigenvalue weighted by Crippen LogP contribution is -2.35. The SMILES string of the molecule is C#CCOC[C@@H](O)CN(CCC)Cc1c(C)nn(-c2ccccc2)c1Oc1cccc(F)c1.